The number of carbonyl (C=O) groups is 5. The van der Waals surface area contributed by atoms with E-state index in [4.69, 9.17) is 41.9 Å². The van der Waals surface area contributed by atoms with Crippen LogP contribution in [-0.2, 0) is 28.5 Å². The molecule has 4 atom stereocenters. The van der Waals surface area contributed by atoms with Crippen LogP contribution in [-0.4, -0.2) is 72.4 Å². The maximum atomic E-state index is 12.4. The quantitative estimate of drug-likeness (QED) is 0.0732. The van der Waals surface area contributed by atoms with Gasteiger partial charge in [0.15, 0.2) is 6.73 Å². The Balaban J connectivity index is 0.000000211. The van der Waals surface area contributed by atoms with E-state index in [2.05, 4.69) is 5.32 Å². The Morgan fingerprint density at radius 3 is 1.67 bits per heavy atom. The number of nitrogens with zero attached hydrogens (tertiary/aromatic N) is 1. The summed E-state index contributed by atoms with van der Waals surface area (Å²) in [6, 6.07) is 8.83. The van der Waals surface area contributed by atoms with Crippen LogP contribution in [0.25, 0.3) is 0 Å². The van der Waals surface area contributed by atoms with Crippen molar-refractivity contribution >= 4 is 52.6 Å². The number of alkyl carbamates (subject to hydrolysis) is 1. The maximum Gasteiger partial charge on any atom is 0.410 e. The lowest BCUT2D eigenvalue weighted by molar-refractivity contribution is -0.143. The SMILES string of the molecule is CC(C)(C)OC(=O)NCOC(=O)c1cc(N)cc(N)c1.Nc1cc(N)cc(C(=O)OCCN2C(=O)C3C4C=CC(O4)C3C2=O)c1. The van der Waals surface area contributed by atoms with Gasteiger partial charge in [0.25, 0.3) is 0 Å². The molecule has 5 rings (SSSR count). The monoisotopic (exact) mass is 624 g/mol. The number of nitrogens with one attached hydrogen (secondary N) is 1. The molecule has 9 N–H and O–H groups in total. The normalized spacial score (nSPS) is 21.1. The molecule has 240 valence electrons. The Labute approximate surface area is 258 Å². The van der Waals surface area contributed by atoms with E-state index in [1.54, 1.807) is 20.8 Å². The predicted octanol–water partition coefficient (Wildman–Crippen LogP) is 1.44. The van der Waals surface area contributed by atoms with Gasteiger partial charge in [0.2, 0.25) is 11.8 Å². The van der Waals surface area contributed by atoms with Crippen LogP contribution < -0.4 is 28.3 Å². The number of benzene rings is 2. The van der Waals surface area contributed by atoms with Crippen LogP contribution in [0.5, 0.6) is 0 Å². The molecule has 0 spiro atoms. The van der Waals surface area contributed by atoms with Crippen molar-refractivity contribution in [1.29, 1.82) is 0 Å². The number of fused-ring (bicyclic) bond motifs is 5. The molecule has 4 unspecified atom stereocenters. The molecule has 3 heterocycles. The first kappa shape index (κ1) is 32.6. The summed E-state index contributed by atoms with van der Waals surface area (Å²) in [6.07, 6.45) is 2.33. The molecule has 45 heavy (non-hydrogen) atoms. The number of likely N-dealkylation sites (tertiary alicyclic amines) is 1. The lowest BCUT2D eigenvalue weighted by atomic mass is 9.85. The summed E-state index contributed by atoms with van der Waals surface area (Å²) < 4.78 is 20.6. The molecule has 2 bridgehead atoms. The van der Waals surface area contributed by atoms with Crippen molar-refractivity contribution in [1.82, 2.24) is 10.2 Å². The maximum absolute atomic E-state index is 12.4. The van der Waals surface area contributed by atoms with Crippen molar-refractivity contribution < 1.29 is 42.9 Å². The van der Waals surface area contributed by atoms with Gasteiger partial charge in [-0.2, -0.15) is 0 Å². The Kier molecular flexibility index (Phi) is 9.51. The number of anilines is 4. The number of carbonyl (C=O) groups excluding carboxylic acids is 5. The summed E-state index contributed by atoms with van der Waals surface area (Å²) in [5.41, 5.74) is 23.7. The van der Waals surface area contributed by atoms with E-state index in [-0.39, 0.29) is 55.0 Å². The lowest BCUT2D eigenvalue weighted by Gasteiger charge is -2.19. The number of hydrogen-bond acceptors (Lipinski definition) is 13. The van der Waals surface area contributed by atoms with Gasteiger partial charge in [-0.3, -0.25) is 19.8 Å². The average molecular weight is 625 g/mol. The van der Waals surface area contributed by atoms with E-state index in [9.17, 15) is 24.0 Å². The average Bonchev–Trinajstić information content (AvgIpc) is 3.61. The third kappa shape index (κ3) is 8.00. The molecular weight excluding hydrogens is 588 g/mol. The molecule has 3 amide bonds. The first-order valence-corrected chi connectivity index (χ1v) is 13.9. The fraction of sp³-hybridized carbons (Fsp3) is 0.367. The first-order chi connectivity index (χ1) is 21.1. The summed E-state index contributed by atoms with van der Waals surface area (Å²) in [4.78, 5) is 61.1. The van der Waals surface area contributed by atoms with Gasteiger partial charge in [-0.25, -0.2) is 14.4 Å². The van der Waals surface area contributed by atoms with E-state index >= 15 is 0 Å². The molecule has 0 radical (unpaired) electrons. The Hall–Kier alpha value is -5.31. The molecular formula is C30H36N6O9. The standard InChI is InChI=1S/C17H17N3O5.C13H19N3O4/c18-9-5-8(6-10(19)7-9)17(23)24-4-3-20-15(21)13-11-1-2-12(25-11)14(13)16(20)22;1-13(2,3)20-12(18)16-7-19-11(17)8-4-9(14)6-10(15)5-8/h1-2,5-7,11-14H,3-4,18-19H2;4-6H,7,14-15H2,1-3H3,(H,16,18). The van der Waals surface area contributed by atoms with Crippen molar-refractivity contribution in [3.05, 3.63) is 59.7 Å². The van der Waals surface area contributed by atoms with Crippen LogP contribution in [0.1, 0.15) is 41.5 Å². The zero-order chi connectivity index (χ0) is 33.1. The number of nitrogen functional groups attached to an aromatic ring is 4. The van der Waals surface area contributed by atoms with Gasteiger partial charge in [0, 0.05) is 22.7 Å². The molecule has 0 aliphatic carbocycles. The molecule has 3 aliphatic heterocycles. The third-order valence-corrected chi connectivity index (χ3v) is 6.80. The van der Waals surface area contributed by atoms with Crippen LogP contribution in [0.15, 0.2) is 48.6 Å². The highest BCUT2D eigenvalue weighted by molar-refractivity contribution is 6.06. The number of amides is 3. The van der Waals surface area contributed by atoms with Crippen LogP contribution in [0.3, 0.4) is 0 Å². The summed E-state index contributed by atoms with van der Waals surface area (Å²) >= 11 is 0. The van der Waals surface area contributed by atoms with Crippen LogP contribution in [0.2, 0.25) is 0 Å². The highest BCUT2D eigenvalue weighted by Crippen LogP contribution is 2.44. The molecule has 2 saturated heterocycles. The molecule has 2 fully saturated rings. The highest BCUT2D eigenvalue weighted by atomic mass is 16.6. The van der Waals surface area contributed by atoms with Crippen molar-refractivity contribution in [2.24, 2.45) is 11.8 Å². The van der Waals surface area contributed by atoms with E-state index in [0.29, 0.717) is 22.7 Å². The second-order valence-corrected chi connectivity index (χ2v) is 11.5. The minimum absolute atomic E-state index is 0.0215. The largest absolute Gasteiger partial charge is 0.460 e. The number of ether oxygens (including phenoxy) is 4. The molecule has 2 aromatic carbocycles. The number of esters is 2. The lowest BCUT2D eigenvalue weighted by Crippen LogP contribution is -2.37. The zero-order valence-electron chi connectivity index (χ0n) is 25.0. The van der Waals surface area contributed by atoms with Gasteiger partial charge in [-0.15, -0.1) is 0 Å². The second kappa shape index (κ2) is 13.1. The molecule has 15 heteroatoms. The fourth-order valence-corrected chi connectivity index (χ4v) is 5.05. The topological polar surface area (TPSA) is 242 Å². The third-order valence-electron chi connectivity index (χ3n) is 6.80. The summed E-state index contributed by atoms with van der Waals surface area (Å²) in [5.74, 6) is -2.69. The molecule has 0 aromatic heterocycles. The van der Waals surface area contributed by atoms with Gasteiger partial charge in [0.05, 0.1) is 41.7 Å². The first-order valence-electron chi connectivity index (χ1n) is 13.9. The van der Waals surface area contributed by atoms with E-state index in [1.165, 1.54) is 36.4 Å². The molecule has 2 aromatic rings. The van der Waals surface area contributed by atoms with E-state index in [1.807, 2.05) is 12.2 Å². The summed E-state index contributed by atoms with van der Waals surface area (Å²) in [6.45, 7) is 4.82. The van der Waals surface area contributed by atoms with E-state index in [0.717, 1.165) is 4.90 Å². The second-order valence-electron chi connectivity index (χ2n) is 11.5. The van der Waals surface area contributed by atoms with Crippen molar-refractivity contribution in [2.45, 2.75) is 38.6 Å². The van der Waals surface area contributed by atoms with Gasteiger partial charge in [0.1, 0.15) is 12.2 Å². The Morgan fingerprint density at radius 1 is 0.778 bits per heavy atom. The van der Waals surface area contributed by atoms with E-state index < -0.39 is 35.5 Å². The molecule has 3 aliphatic rings. The summed E-state index contributed by atoms with van der Waals surface area (Å²) in [5, 5.41) is 2.30. The van der Waals surface area contributed by atoms with Gasteiger partial charge in [-0.1, -0.05) is 12.2 Å². The van der Waals surface area contributed by atoms with Gasteiger partial charge < -0.3 is 41.9 Å². The number of imide groups is 1. The zero-order valence-corrected chi connectivity index (χ0v) is 25.0. The van der Waals surface area contributed by atoms with Crippen LogP contribution in [0, 0.1) is 11.8 Å². The number of hydrogen-bond donors (Lipinski definition) is 5. The number of rotatable bonds is 7. The van der Waals surface area contributed by atoms with Crippen molar-refractivity contribution in [3.63, 3.8) is 0 Å². The van der Waals surface area contributed by atoms with Crippen molar-refractivity contribution in [3.8, 4) is 0 Å². The highest BCUT2D eigenvalue weighted by Gasteiger charge is 2.60. The van der Waals surface area contributed by atoms with Gasteiger partial charge in [-0.05, 0) is 57.2 Å². The Morgan fingerprint density at radius 2 is 1.22 bits per heavy atom. The van der Waals surface area contributed by atoms with Gasteiger partial charge >= 0.3 is 18.0 Å². The molecule has 15 nitrogen and oxygen atoms in total. The Bertz CT molecular complexity index is 1470. The van der Waals surface area contributed by atoms with Crippen molar-refractivity contribution in [2.75, 3.05) is 42.8 Å². The predicted molar refractivity (Wildman–Crippen MR) is 162 cm³/mol. The van der Waals surface area contributed by atoms with Crippen LogP contribution in [0.4, 0.5) is 27.5 Å². The molecule has 0 saturated carbocycles. The summed E-state index contributed by atoms with van der Waals surface area (Å²) in [7, 11) is 0. The number of nitrogens with two attached hydrogens (primary N) is 4. The smallest absolute Gasteiger partial charge is 0.410 e. The fourth-order valence-electron chi connectivity index (χ4n) is 5.05. The van der Waals surface area contributed by atoms with Crippen LogP contribution >= 0.6 is 0 Å². The minimum atomic E-state index is -0.669. The minimum Gasteiger partial charge on any atom is -0.460 e.